The second kappa shape index (κ2) is 3.85. The highest BCUT2D eigenvalue weighted by Crippen LogP contribution is 2.23. The molecule has 0 aromatic heterocycles. The van der Waals surface area contributed by atoms with Crippen LogP contribution in [0.2, 0.25) is 0 Å². The molecule has 0 heterocycles. The van der Waals surface area contributed by atoms with Gasteiger partial charge in [-0.1, -0.05) is 0 Å². The lowest BCUT2D eigenvalue weighted by Crippen LogP contribution is -2.24. The summed E-state index contributed by atoms with van der Waals surface area (Å²) in [6.45, 7) is 0. The van der Waals surface area contributed by atoms with Crippen LogP contribution in [0.5, 0.6) is 0 Å². The van der Waals surface area contributed by atoms with E-state index in [2.05, 4.69) is 16.1 Å². The van der Waals surface area contributed by atoms with Gasteiger partial charge in [-0.05, 0) is 0 Å². The van der Waals surface area contributed by atoms with Gasteiger partial charge in [0.05, 0.1) is 0 Å². The molecular weight excluding hydrogens is 225 g/mol. The quantitative estimate of drug-likeness (QED) is 0.732. The standard InChI is InChI=1S/C5H8BrF3N2/c1-10-4(3-11(2)6)5(7,8)9/h3,10H,1-2H3/b4-3-. The predicted molar refractivity (Wildman–Crippen MR) is 39.9 cm³/mol. The summed E-state index contributed by atoms with van der Waals surface area (Å²) in [5.41, 5.74) is -0.795. The van der Waals surface area contributed by atoms with Crippen molar-refractivity contribution in [1.82, 2.24) is 9.24 Å². The number of hydrogen-bond acceptors (Lipinski definition) is 2. The summed E-state index contributed by atoms with van der Waals surface area (Å²) in [5, 5.41) is 2.04. The number of rotatable bonds is 2. The highest BCUT2D eigenvalue weighted by Gasteiger charge is 2.33. The van der Waals surface area contributed by atoms with Crippen LogP contribution in [0, 0.1) is 0 Å². The Morgan fingerprint density at radius 1 is 1.55 bits per heavy atom. The first-order valence-corrected chi connectivity index (χ1v) is 3.44. The van der Waals surface area contributed by atoms with Gasteiger partial charge in [-0.25, -0.2) is 0 Å². The van der Waals surface area contributed by atoms with E-state index in [1.54, 1.807) is 0 Å². The van der Waals surface area contributed by atoms with E-state index in [1.165, 1.54) is 14.1 Å². The fraction of sp³-hybridized carbons (Fsp3) is 0.600. The van der Waals surface area contributed by atoms with Crippen LogP contribution in [0.25, 0.3) is 0 Å². The Bertz CT molecular complexity index is 152. The zero-order valence-corrected chi connectivity index (χ0v) is 7.62. The molecule has 1 N–H and O–H groups in total. The third kappa shape index (κ3) is 4.13. The lowest BCUT2D eigenvalue weighted by molar-refractivity contribution is -0.0967. The summed E-state index contributed by atoms with van der Waals surface area (Å²) in [6, 6.07) is 0. The molecule has 11 heavy (non-hydrogen) atoms. The molecule has 0 amide bonds. The Labute approximate surface area is 71.4 Å². The second-order valence-electron chi connectivity index (χ2n) is 1.82. The first kappa shape index (κ1) is 10.6. The van der Waals surface area contributed by atoms with Crippen LogP contribution >= 0.6 is 16.1 Å². The number of allylic oxidation sites excluding steroid dienone is 1. The third-order valence-corrected chi connectivity index (χ3v) is 1.09. The maximum atomic E-state index is 11.9. The summed E-state index contributed by atoms with van der Waals surface area (Å²) in [6.07, 6.45) is -3.42. The van der Waals surface area contributed by atoms with Gasteiger partial charge >= 0.3 is 6.18 Å². The summed E-state index contributed by atoms with van der Waals surface area (Å²) >= 11 is 2.83. The third-order valence-electron chi connectivity index (χ3n) is 0.882. The topological polar surface area (TPSA) is 15.3 Å². The smallest absolute Gasteiger partial charge is 0.383 e. The molecule has 6 heteroatoms. The van der Waals surface area contributed by atoms with Gasteiger partial charge in [0.25, 0.3) is 0 Å². The molecule has 0 aromatic carbocycles. The van der Waals surface area contributed by atoms with E-state index < -0.39 is 11.9 Å². The molecule has 0 radical (unpaired) electrons. The molecule has 0 atom stereocenters. The van der Waals surface area contributed by atoms with Crippen LogP contribution in [0.4, 0.5) is 13.2 Å². The van der Waals surface area contributed by atoms with E-state index in [4.69, 9.17) is 0 Å². The van der Waals surface area contributed by atoms with E-state index in [9.17, 15) is 13.2 Å². The van der Waals surface area contributed by atoms with Crippen LogP contribution < -0.4 is 5.32 Å². The Morgan fingerprint density at radius 3 is 2.09 bits per heavy atom. The molecule has 0 aromatic rings. The minimum atomic E-state index is -4.32. The van der Waals surface area contributed by atoms with E-state index >= 15 is 0 Å². The van der Waals surface area contributed by atoms with Crippen molar-refractivity contribution in [3.63, 3.8) is 0 Å². The minimum Gasteiger partial charge on any atom is -0.383 e. The van der Waals surface area contributed by atoms with Gasteiger partial charge in [0.2, 0.25) is 0 Å². The van der Waals surface area contributed by atoms with Gasteiger partial charge < -0.3 is 9.24 Å². The Hall–Kier alpha value is -0.390. The number of hydrogen-bond donors (Lipinski definition) is 1. The number of halogens is 4. The van der Waals surface area contributed by atoms with Crippen molar-refractivity contribution in [2.45, 2.75) is 6.18 Å². The molecule has 0 unspecified atom stereocenters. The van der Waals surface area contributed by atoms with E-state index in [1.807, 2.05) is 5.32 Å². The van der Waals surface area contributed by atoms with Gasteiger partial charge in [-0.3, -0.25) is 0 Å². The molecule has 0 aliphatic carbocycles. The van der Waals surface area contributed by atoms with Crippen LogP contribution in [0.15, 0.2) is 11.9 Å². The minimum absolute atomic E-state index is 0.795. The van der Waals surface area contributed by atoms with Gasteiger partial charge in [0.1, 0.15) is 5.70 Å². The zero-order valence-electron chi connectivity index (χ0n) is 6.04. The summed E-state index contributed by atoms with van der Waals surface area (Å²) in [4.78, 5) is 0. The largest absolute Gasteiger partial charge is 0.432 e. The van der Waals surface area contributed by atoms with Gasteiger partial charge in [0.15, 0.2) is 0 Å². The van der Waals surface area contributed by atoms with Crippen molar-refractivity contribution in [3.8, 4) is 0 Å². The molecule has 0 saturated carbocycles. The molecule has 0 fully saturated rings. The monoisotopic (exact) mass is 232 g/mol. The summed E-state index contributed by atoms with van der Waals surface area (Å²) in [7, 11) is 2.67. The number of alkyl halides is 3. The van der Waals surface area contributed by atoms with Crippen molar-refractivity contribution in [3.05, 3.63) is 11.9 Å². The zero-order chi connectivity index (χ0) is 9.07. The fourth-order valence-electron chi connectivity index (χ4n) is 0.457. The van der Waals surface area contributed by atoms with Gasteiger partial charge in [0, 0.05) is 36.4 Å². The van der Waals surface area contributed by atoms with E-state index in [0.29, 0.717) is 0 Å². The molecular formula is C5H8BrF3N2. The Morgan fingerprint density at radius 2 is 2.00 bits per heavy atom. The van der Waals surface area contributed by atoms with E-state index in [-0.39, 0.29) is 0 Å². The molecule has 0 spiro atoms. The van der Waals surface area contributed by atoms with Crippen molar-refractivity contribution in [2.24, 2.45) is 0 Å². The lowest BCUT2D eigenvalue weighted by Gasteiger charge is -2.12. The van der Waals surface area contributed by atoms with Crippen LogP contribution in [0.3, 0.4) is 0 Å². The van der Waals surface area contributed by atoms with Crippen molar-refractivity contribution >= 4 is 16.1 Å². The maximum Gasteiger partial charge on any atom is 0.432 e. The summed E-state index contributed by atoms with van der Waals surface area (Å²) in [5.74, 6) is 0. The normalized spacial score (nSPS) is 13.1. The molecule has 0 saturated heterocycles. The van der Waals surface area contributed by atoms with Gasteiger partial charge in [-0.2, -0.15) is 13.2 Å². The Balaban J connectivity index is 4.41. The molecule has 0 rings (SSSR count). The average molecular weight is 233 g/mol. The first-order valence-electron chi connectivity index (χ1n) is 2.73. The molecule has 0 bridgehead atoms. The fourth-order valence-corrected chi connectivity index (χ4v) is 0.662. The Kier molecular flexibility index (Phi) is 3.71. The van der Waals surface area contributed by atoms with Crippen LogP contribution in [-0.4, -0.2) is 24.2 Å². The van der Waals surface area contributed by atoms with Gasteiger partial charge in [-0.15, -0.1) is 0 Å². The molecule has 0 aliphatic rings. The number of nitrogens with zero attached hydrogens (tertiary/aromatic N) is 1. The summed E-state index contributed by atoms with van der Waals surface area (Å²) < 4.78 is 36.9. The molecule has 66 valence electrons. The molecule has 0 aliphatic heterocycles. The van der Waals surface area contributed by atoms with Crippen LogP contribution in [0.1, 0.15) is 0 Å². The van der Waals surface area contributed by atoms with Crippen molar-refractivity contribution in [2.75, 3.05) is 14.1 Å². The second-order valence-corrected chi connectivity index (χ2v) is 2.93. The van der Waals surface area contributed by atoms with Crippen molar-refractivity contribution in [1.29, 1.82) is 0 Å². The molecule has 2 nitrogen and oxygen atoms in total. The predicted octanol–water partition coefficient (Wildman–Crippen LogP) is 1.85. The SMILES string of the molecule is CN/C(=C\N(C)Br)C(F)(F)F. The highest BCUT2D eigenvalue weighted by molar-refractivity contribution is 9.07. The number of nitrogens with one attached hydrogen (secondary N) is 1. The van der Waals surface area contributed by atoms with Crippen LogP contribution in [-0.2, 0) is 0 Å². The highest BCUT2D eigenvalue weighted by atomic mass is 79.9. The van der Waals surface area contributed by atoms with E-state index in [0.717, 1.165) is 10.1 Å². The van der Waals surface area contributed by atoms with Crippen molar-refractivity contribution < 1.29 is 13.2 Å². The maximum absolute atomic E-state index is 11.9. The lowest BCUT2D eigenvalue weighted by atomic mass is 10.4. The average Bonchev–Trinajstić information content (AvgIpc) is 1.79. The first-order chi connectivity index (χ1) is 4.88.